The van der Waals surface area contributed by atoms with E-state index in [1.54, 1.807) is 45.2 Å². The molecule has 0 atom stereocenters. The molecule has 2 N–H and O–H groups in total. The maximum absolute atomic E-state index is 14.5. The van der Waals surface area contributed by atoms with E-state index in [0.29, 0.717) is 11.3 Å². The number of nitrogens with two attached hydrogens (primary N) is 1. The summed E-state index contributed by atoms with van der Waals surface area (Å²) in [4.78, 5) is 18.8. The fourth-order valence-electron chi connectivity index (χ4n) is 2.86. The average molecular weight is 380 g/mol. The number of amides is 1. The molecule has 1 aliphatic rings. The van der Waals surface area contributed by atoms with Gasteiger partial charge < -0.3 is 10.6 Å². The van der Waals surface area contributed by atoms with Crippen molar-refractivity contribution in [2.24, 2.45) is 4.99 Å². The average Bonchev–Trinajstić information content (AvgIpc) is 2.63. The summed E-state index contributed by atoms with van der Waals surface area (Å²) in [7, 11) is 1.60. The highest BCUT2D eigenvalue weighted by atomic mass is 35.5. The van der Waals surface area contributed by atoms with Crippen LogP contribution in [0.4, 0.5) is 15.8 Å². The Bertz CT molecular complexity index is 925. The third-order valence-electron chi connectivity index (χ3n) is 4.18. The molecule has 0 bridgehead atoms. The molecule has 4 nitrogen and oxygen atoms in total. The van der Waals surface area contributed by atoms with Crippen LogP contribution in [0.5, 0.6) is 0 Å². The van der Waals surface area contributed by atoms with Gasteiger partial charge in [0.15, 0.2) is 0 Å². The molecule has 1 heterocycles. The van der Waals surface area contributed by atoms with Gasteiger partial charge >= 0.3 is 0 Å². The van der Waals surface area contributed by atoms with Crippen LogP contribution in [0.25, 0.3) is 0 Å². The Morgan fingerprint density at radius 1 is 1.24 bits per heavy atom. The standard InChI is InChI=1S/C18H16Cl2FN3O/c1-18(2)17(25)24(3)12-8-10(19)15(22)14(20)13(12)16(23-18)9-6-4-5-7-11(9)21/h4-8H,22H2,1-3H3. The van der Waals surface area contributed by atoms with Crippen molar-refractivity contribution in [3.8, 4) is 0 Å². The first-order chi connectivity index (χ1) is 11.6. The van der Waals surface area contributed by atoms with Crippen LogP contribution in [0, 0.1) is 5.82 Å². The van der Waals surface area contributed by atoms with Gasteiger partial charge in [0.05, 0.1) is 27.1 Å². The van der Waals surface area contributed by atoms with Crippen LogP contribution in [0.15, 0.2) is 35.3 Å². The van der Waals surface area contributed by atoms with Crippen molar-refractivity contribution in [3.05, 3.63) is 57.3 Å². The molecular formula is C18H16Cl2FN3O. The van der Waals surface area contributed by atoms with Crippen molar-refractivity contribution in [3.63, 3.8) is 0 Å². The normalized spacial score (nSPS) is 16.3. The predicted molar refractivity (Wildman–Crippen MR) is 100 cm³/mol. The van der Waals surface area contributed by atoms with Gasteiger partial charge in [0.25, 0.3) is 5.91 Å². The summed E-state index contributed by atoms with van der Waals surface area (Å²) in [6.45, 7) is 3.33. The third-order valence-corrected chi connectivity index (χ3v) is 4.88. The summed E-state index contributed by atoms with van der Waals surface area (Å²) < 4.78 is 14.5. The van der Waals surface area contributed by atoms with E-state index >= 15 is 0 Å². The molecule has 7 heteroatoms. The molecular weight excluding hydrogens is 364 g/mol. The first kappa shape index (κ1) is 17.7. The molecule has 2 aromatic rings. The number of hydrogen-bond donors (Lipinski definition) is 1. The maximum Gasteiger partial charge on any atom is 0.254 e. The zero-order chi connectivity index (χ0) is 18.5. The van der Waals surface area contributed by atoms with Gasteiger partial charge in [-0.3, -0.25) is 9.79 Å². The van der Waals surface area contributed by atoms with Gasteiger partial charge in [-0.1, -0.05) is 35.3 Å². The lowest BCUT2D eigenvalue weighted by atomic mass is 9.98. The molecule has 0 radical (unpaired) electrons. The van der Waals surface area contributed by atoms with Gasteiger partial charge in [-0.15, -0.1) is 0 Å². The Labute approximate surface area is 155 Å². The van der Waals surface area contributed by atoms with E-state index in [0.717, 1.165) is 0 Å². The van der Waals surface area contributed by atoms with Gasteiger partial charge in [0.1, 0.15) is 11.4 Å². The maximum atomic E-state index is 14.5. The monoisotopic (exact) mass is 379 g/mol. The van der Waals surface area contributed by atoms with E-state index in [2.05, 4.69) is 4.99 Å². The van der Waals surface area contributed by atoms with Gasteiger partial charge in [0, 0.05) is 18.2 Å². The van der Waals surface area contributed by atoms with Crippen molar-refractivity contribution >= 4 is 46.2 Å². The highest BCUT2D eigenvalue weighted by Gasteiger charge is 2.38. The fraction of sp³-hybridized carbons (Fsp3) is 0.222. The van der Waals surface area contributed by atoms with Crippen molar-refractivity contribution < 1.29 is 9.18 Å². The number of aliphatic imine (C=N–C) groups is 1. The third kappa shape index (κ3) is 2.77. The molecule has 3 rings (SSSR count). The zero-order valence-electron chi connectivity index (χ0n) is 13.9. The van der Waals surface area contributed by atoms with E-state index in [4.69, 9.17) is 28.9 Å². The van der Waals surface area contributed by atoms with Crippen LogP contribution < -0.4 is 10.6 Å². The summed E-state index contributed by atoms with van der Waals surface area (Å²) in [6.07, 6.45) is 0. The Kier molecular flexibility index (Phi) is 4.25. The number of benzodiazepines with no additional fused rings is 1. The molecule has 130 valence electrons. The second-order valence-electron chi connectivity index (χ2n) is 6.34. The quantitative estimate of drug-likeness (QED) is 0.750. The lowest BCUT2D eigenvalue weighted by Crippen LogP contribution is -2.41. The number of nitrogens with zero attached hydrogens (tertiary/aromatic N) is 2. The molecule has 1 aliphatic heterocycles. The number of nitrogen functional groups attached to an aromatic ring is 1. The minimum absolute atomic E-state index is 0.141. The number of carbonyl (C=O) groups excluding carboxylic acids is 1. The van der Waals surface area contributed by atoms with Gasteiger partial charge in [-0.25, -0.2) is 4.39 Å². The number of likely N-dealkylation sites (N-methyl/N-ethyl adjacent to an activating group) is 1. The first-order valence-electron chi connectivity index (χ1n) is 7.56. The molecule has 0 unspecified atom stereocenters. The summed E-state index contributed by atoms with van der Waals surface area (Å²) in [5.74, 6) is -0.735. The molecule has 1 amide bonds. The molecule has 0 fully saturated rings. The Balaban J connectivity index is 2.45. The Hall–Kier alpha value is -2.11. The smallest absolute Gasteiger partial charge is 0.254 e. The summed E-state index contributed by atoms with van der Waals surface area (Å²) in [5, 5.41) is 0.359. The minimum atomic E-state index is -1.12. The van der Waals surface area contributed by atoms with E-state index in [1.807, 2.05) is 0 Å². The fourth-order valence-corrected chi connectivity index (χ4v) is 3.40. The highest BCUT2D eigenvalue weighted by Crippen LogP contribution is 2.42. The predicted octanol–water partition coefficient (Wildman–Crippen LogP) is 4.31. The SMILES string of the molecule is CN1C(=O)C(C)(C)N=C(c2ccccc2F)c2c1cc(Cl)c(N)c2Cl. The highest BCUT2D eigenvalue weighted by molar-refractivity contribution is 6.43. The van der Waals surface area contributed by atoms with E-state index in [-0.39, 0.29) is 32.9 Å². The second-order valence-corrected chi connectivity index (χ2v) is 7.13. The Morgan fingerprint density at radius 2 is 1.88 bits per heavy atom. The molecule has 0 spiro atoms. The van der Waals surface area contributed by atoms with Crippen LogP contribution in [0.1, 0.15) is 25.0 Å². The lowest BCUT2D eigenvalue weighted by Gasteiger charge is -2.24. The summed E-state index contributed by atoms with van der Waals surface area (Å²) >= 11 is 12.6. The van der Waals surface area contributed by atoms with Crippen LogP contribution in [0.2, 0.25) is 10.0 Å². The number of fused-ring (bicyclic) bond motifs is 1. The number of benzene rings is 2. The van der Waals surface area contributed by atoms with Crippen LogP contribution in [-0.4, -0.2) is 24.2 Å². The van der Waals surface area contributed by atoms with E-state index in [9.17, 15) is 9.18 Å². The number of carbonyl (C=O) groups is 1. The Morgan fingerprint density at radius 3 is 2.52 bits per heavy atom. The molecule has 25 heavy (non-hydrogen) atoms. The van der Waals surface area contributed by atoms with E-state index < -0.39 is 11.4 Å². The number of anilines is 2. The molecule has 0 saturated heterocycles. The van der Waals surface area contributed by atoms with Gasteiger partial charge in [-0.2, -0.15) is 0 Å². The lowest BCUT2D eigenvalue weighted by molar-refractivity contribution is -0.122. The molecule has 2 aromatic carbocycles. The van der Waals surface area contributed by atoms with Crippen LogP contribution >= 0.6 is 23.2 Å². The minimum Gasteiger partial charge on any atom is -0.396 e. The van der Waals surface area contributed by atoms with Crippen LogP contribution in [-0.2, 0) is 4.79 Å². The summed E-state index contributed by atoms with van der Waals surface area (Å²) in [5.41, 5.74) is 6.33. The van der Waals surface area contributed by atoms with Crippen molar-refractivity contribution in [1.29, 1.82) is 0 Å². The molecule has 0 aromatic heterocycles. The second kappa shape index (κ2) is 6.00. The topological polar surface area (TPSA) is 58.7 Å². The largest absolute Gasteiger partial charge is 0.396 e. The molecule has 0 aliphatic carbocycles. The number of halogens is 3. The first-order valence-corrected chi connectivity index (χ1v) is 8.31. The van der Waals surface area contributed by atoms with Gasteiger partial charge in [0.2, 0.25) is 0 Å². The van der Waals surface area contributed by atoms with Crippen LogP contribution in [0.3, 0.4) is 0 Å². The van der Waals surface area contributed by atoms with Gasteiger partial charge in [-0.05, 0) is 32.0 Å². The molecule has 0 saturated carbocycles. The number of hydrogen-bond acceptors (Lipinski definition) is 3. The summed E-state index contributed by atoms with van der Waals surface area (Å²) in [6, 6.07) is 7.74. The van der Waals surface area contributed by atoms with Crippen molar-refractivity contribution in [1.82, 2.24) is 0 Å². The van der Waals surface area contributed by atoms with Crippen molar-refractivity contribution in [2.75, 3.05) is 17.7 Å². The zero-order valence-corrected chi connectivity index (χ0v) is 15.4. The number of rotatable bonds is 1. The van der Waals surface area contributed by atoms with Crippen molar-refractivity contribution in [2.45, 2.75) is 19.4 Å². The van der Waals surface area contributed by atoms with E-state index in [1.165, 1.54) is 11.0 Å².